The molecule has 0 spiro atoms. The smallest absolute Gasteiger partial charge is 0.160 e. The summed E-state index contributed by atoms with van der Waals surface area (Å²) >= 11 is 0. The molecule has 0 fully saturated rings. The number of fused-ring (bicyclic) bond motifs is 10. The summed E-state index contributed by atoms with van der Waals surface area (Å²) in [4.78, 5) is 10.9. The van der Waals surface area contributed by atoms with Crippen molar-refractivity contribution in [3.05, 3.63) is 236 Å². The van der Waals surface area contributed by atoms with Crippen LogP contribution in [0.1, 0.15) is 12.5 Å². The Bertz CT molecular complexity index is 4050. The predicted octanol–water partition coefficient (Wildman–Crippen LogP) is 17.1. The second-order valence-corrected chi connectivity index (χ2v) is 17.5. The molecule has 0 bridgehead atoms. The van der Waals surface area contributed by atoms with Gasteiger partial charge in [-0.2, -0.15) is 0 Å². The van der Waals surface area contributed by atoms with E-state index in [0.717, 1.165) is 45.7 Å². The summed E-state index contributed by atoms with van der Waals surface area (Å²) in [5.74, 6) is 0.713. The molecule has 0 atom stereocenters. The summed E-state index contributed by atoms with van der Waals surface area (Å²) in [6, 6.07) is 83.7. The molecule has 3 nitrogen and oxygen atoms in total. The van der Waals surface area contributed by atoms with Crippen LogP contribution in [0.4, 0.5) is 0 Å². The lowest BCUT2D eigenvalue weighted by Crippen LogP contribution is -2.03. The molecule has 13 rings (SSSR count). The fraction of sp³-hybridized carbons (Fsp3) is 0.0312. The first-order valence-corrected chi connectivity index (χ1v) is 23.2. The van der Waals surface area contributed by atoms with Gasteiger partial charge in [0.2, 0.25) is 0 Å². The molecule has 0 saturated carbocycles. The molecule has 0 amide bonds. The number of aromatic nitrogens is 3. The lowest BCUT2D eigenvalue weighted by molar-refractivity contribution is 1.06. The molecule has 0 unspecified atom stereocenters. The Balaban J connectivity index is 1.02. The van der Waals surface area contributed by atoms with Crippen molar-refractivity contribution in [1.82, 2.24) is 14.5 Å². The van der Waals surface area contributed by atoms with Crippen molar-refractivity contribution in [2.24, 2.45) is 0 Å². The van der Waals surface area contributed by atoms with Crippen molar-refractivity contribution in [1.29, 1.82) is 0 Å². The first kappa shape index (κ1) is 38.8. The van der Waals surface area contributed by atoms with Crippen LogP contribution in [0.5, 0.6) is 0 Å². The van der Waals surface area contributed by atoms with Crippen molar-refractivity contribution >= 4 is 64.9 Å². The normalized spacial score (nSPS) is 11.7. The minimum absolute atomic E-state index is 0.713. The standard InChI is InChI=1S/C64H43N3/c1-2-50-62(44-19-7-4-8-20-44)65-64(66-63(50)45-30-28-43(29-31-45)41-16-5-3-6-17-41)48-34-37-57-58(39-48)53-23-12-11-22-52(53)56-26-15-25-51(61(56)57)47-33-36-55-54-24-13-14-27-59(54)67(60(55)40-47)49-35-32-42-18-9-10-21-46(42)38-49/h3-40H,2H2,1H3. The summed E-state index contributed by atoms with van der Waals surface area (Å²) in [5.41, 5.74) is 14.5. The highest BCUT2D eigenvalue weighted by molar-refractivity contribution is 6.29. The van der Waals surface area contributed by atoms with E-state index in [1.807, 2.05) is 0 Å². The highest BCUT2D eigenvalue weighted by Gasteiger charge is 2.21. The summed E-state index contributed by atoms with van der Waals surface area (Å²) < 4.78 is 2.44. The van der Waals surface area contributed by atoms with Gasteiger partial charge in [-0.1, -0.05) is 207 Å². The van der Waals surface area contributed by atoms with Gasteiger partial charge in [0.05, 0.1) is 22.4 Å². The lowest BCUT2D eigenvalue weighted by Gasteiger charge is -2.17. The Morgan fingerprint density at radius 2 is 0.881 bits per heavy atom. The van der Waals surface area contributed by atoms with Crippen LogP contribution in [-0.2, 0) is 6.42 Å². The molecule has 314 valence electrons. The monoisotopic (exact) mass is 853 g/mol. The van der Waals surface area contributed by atoms with E-state index in [2.05, 4.69) is 242 Å². The quantitative estimate of drug-likeness (QED) is 0.150. The molecule has 0 aliphatic carbocycles. The number of para-hydroxylation sites is 1. The maximum atomic E-state index is 5.47. The number of hydrogen-bond acceptors (Lipinski definition) is 2. The van der Waals surface area contributed by atoms with E-state index in [1.54, 1.807) is 0 Å². The fourth-order valence-electron chi connectivity index (χ4n) is 10.6. The van der Waals surface area contributed by atoms with Crippen LogP contribution in [0, 0.1) is 0 Å². The van der Waals surface area contributed by atoms with Crippen LogP contribution in [0.25, 0.3) is 127 Å². The Hall–Kier alpha value is -8.66. The van der Waals surface area contributed by atoms with Gasteiger partial charge in [0, 0.05) is 38.7 Å². The molecule has 3 heteroatoms. The zero-order valence-electron chi connectivity index (χ0n) is 37.0. The molecule has 0 aliphatic heterocycles. The zero-order valence-corrected chi connectivity index (χ0v) is 37.0. The minimum atomic E-state index is 0.713. The van der Waals surface area contributed by atoms with Gasteiger partial charge in [0.15, 0.2) is 5.82 Å². The first-order valence-electron chi connectivity index (χ1n) is 23.2. The summed E-state index contributed by atoms with van der Waals surface area (Å²) in [6.45, 7) is 2.21. The molecule has 67 heavy (non-hydrogen) atoms. The number of benzene rings is 11. The number of hydrogen-bond donors (Lipinski definition) is 0. The van der Waals surface area contributed by atoms with Crippen molar-refractivity contribution < 1.29 is 0 Å². The summed E-state index contributed by atoms with van der Waals surface area (Å²) in [6.07, 6.45) is 0.798. The maximum Gasteiger partial charge on any atom is 0.160 e. The van der Waals surface area contributed by atoms with Crippen LogP contribution < -0.4 is 0 Å². The van der Waals surface area contributed by atoms with E-state index in [9.17, 15) is 0 Å². The Morgan fingerprint density at radius 1 is 0.343 bits per heavy atom. The number of rotatable bonds is 7. The summed E-state index contributed by atoms with van der Waals surface area (Å²) in [5, 5.41) is 12.2. The Labute approximate surface area is 388 Å². The van der Waals surface area contributed by atoms with Crippen molar-refractivity contribution in [3.8, 4) is 61.8 Å². The number of nitrogens with zero attached hydrogens (tertiary/aromatic N) is 3. The molecule has 0 radical (unpaired) electrons. The van der Waals surface area contributed by atoms with Crippen molar-refractivity contribution in [2.75, 3.05) is 0 Å². The van der Waals surface area contributed by atoms with Gasteiger partial charge >= 0.3 is 0 Å². The van der Waals surface area contributed by atoms with E-state index in [0.29, 0.717) is 5.82 Å². The maximum absolute atomic E-state index is 5.47. The average molecular weight is 854 g/mol. The van der Waals surface area contributed by atoms with Crippen LogP contribution in [0.15, 0.2) is 231 Å². The zero-order chi connectivity index (χ0) is 44.4. The Morgan fingerprint density at radius 3 is 1.64 bits per heavy atom. The van der Waals surface area contributed by atoms with Crippen LogP contribution >= 0.6 is 0 Å². The molecule has 2 heterocycles. The highest BCUT2D eigenvalue weighted by Crippen LogP contribution is 2.44. The third-order valence-corrected chi connectivity index (χ3v) is 13.8. The molecule has 13 aromatic rings. The van der Waals surface area contributed by atoms with Gasteiger partial charge < -0.3 is 4.57 Å². The second-order valence-electron chi connectivity index (χ2n) is 17.5. The first-order chi connectivity index (χ1) is 33.2. The van der Waals surface area contributed by atoms with E-state index in [-0.39, 0.29) is 0 Å². The van der Waals surface area contributed by atoms with Gasteiger partial charge in [-0.05, 0) is 102 Å². The van der Waals surface area contributed by atoms with E-state index < -0.39 is 0 Å². The third-order valence-electron chi connectivity index (χ3n) is 13.8. The van der Waals surface area contributed by atoms with Gasteiger partial charge in [0.25, 0.3) is 0 Å². The highest BCUT2D eigenvalue weighted by atomic mass is 15.0. The van der Waals surface area contributed by atoms with E-state index in [1.165, 1.54) is 87.1 Å². The van der Waals surface area contributed by atoms with Crippen LogP contribution in [0.3, 0.4) is 0 Å². The molecule has 0 saturated heterocycles. The summed E-state index contributed by atoms with van der Waals surface area (Å²) in [7, 11) is 0. The predicted molar refractivity (Wildman–Crippen MR) is 283 cm³/mol. The second kappa shape index (κ2) is 15.8. The van der Waals surface area contributed by atoms with Gasteiger partial charge in [-0.3, -0.25) is 0 Å². The third kappa shape index (κ3) is 6.42. The largest absolute Gasteiger partial charge is 0.309 e. The molecule has 11 aromatic carbocycles. The minimum Gasteiger partial charge on any atom is -0.309 e. The van der Waals surface area contributed by atoms with Gasteiger partial charge in [0.1, 0.15) is 0 Å². The van der Waals surface area contributed by atoms with Crippen LogP contribution in [-0.4, -0.2) is 14.5 Å². The van der Waals surface area contributed by atoms with Crippen molar-refractivity contribution in [3.63, 3.8) is 0 Å². The molecule has 0 aliphatic rings. The fourth-order valence-corrected chi connectivity index (χ4v) is 10.6. The van der Waals surface area contributed by atoms with E-state index in [4.69, 9.17) is 9.97 Å². The molecule has 0 N–H and O–H groups in total. The molecular formula is C64H43N3. The van der Waals surface area contributed by atoms with Gasteiger partial charge in [-0.25, -0.2) is 9.97 Å². The topological polar surface area (TPSA) is 30.7 Å². The van der Waals surface area contributed by atoms with Gasteiger partial charge in [-0.15, -0.1) is 0 Å². The van der Waals surface area contributed by atoms with Crippen molar-refractivity contribution in [2.45, 2.75) is 13.3 Å². The van der Waals surface area contributed by atoms with Crippen LogP contribution in [0.2, 0.25) is 0 Å². The SMILES string of the molecule is CCc1c(-c2ccccc2)nc(-c2ccc3c(c2)c2ccccc2c2cccc(-c4ccc5c6ccccc6n(-c6ccc7ccccc7c6)c5c4)c23)nc1-c1ccc(-c2ccccc2)cc1. The molecule has 2 aromatic heterocycles. The average Bonchev–Trinajstić information content (AvgIpc) is 3.74. The molecular weight excluding hydrogens is 811 g/mol. The van der Waals surface area contributed by atoms with E-state index >= 15 is 0 Å². The Kier molecular flexibility index (Phi) is 9.14. The lowest BCUT2D eigenvalue weighted by atomic mass is 9.88.